The van der Waals surface area contributed by atoms with Crippen LogP contribution in [0.2, 0.25) is 0 Å². The maximum atomic E-state index is 13.1. The van der Waals surface area contributed by atoms with Gasteiger partial charge in [0.1, 0.15) is 5.82 Å². The lowest BCUT2D eigenvalue weighted by Gasteiger charge is -2.24. The van der Waals surface area contributed by atoms with Gasteiger partial charge in [-0.15, -0.1) is 0 Å². The lowest BCUT2D eigenvalue weighted by Crippen LogP contribution is -2.48. The Hall–Kier alpha value is -2.93. The van der Waals surface area contributed by atoms with Gasteiger partial charge in [0.05, 0.1) is 13.0 Å². The molecule has 0 saturated heterocycles. The first-order chi connectivity index (χ1) is 13.2. The van der Waals surface area contributed by atoms with E-state index in [1.165, 1.54) is 12.1 Å². The first-order valence-corrected chi connectivity index (χ1v) is 9.02. The van der Waals surface area contributed by atoms with Crippen LogP contribution < -0.4 is 10.9 Å². The van der Waals surface area contributed by atoms with Crippen LogP contribution in [-0.4, -0.2) is 17.0 Å². The molecule has 150 valence electrons. The van der Waals surface area contributed by atoms with Crippen LogP contribution in [0.3, 0.4) is 0 Å². The van der Waals surface area contributed by atoms with Crippen molar-refractivity contribution in [3.63, 3.8) is 0 Å². The number of rotatable bonds is 7. The van der Waals surface area contributed by atoms with Crippen LogP contribution in [0, 0.1) is 11.2 Å². The van der Waals surface area contributed by atoms with Crippen LogP contribution in [0.15, 0.2) is 54.6 Å². The minimum absolute atomic E-state index is 0.0870. The highest BCUT2D eigenvalue weighted by atomic mass is 19.1. The van der Waals surface area contributed by atoms with E-state index >= 15 is 0 Å². The summed E-state index contributed by atoms with van der Waals surface area (Å²) < 4.78 is 13.1. The van der Waals surface area contributed by atoms with Crippen molar-refractivity contribution < 1.29 is 18.8 Å². The van der Waals surface area contributed by atoms with Crippen LogP contribution in [-0.2, 0) is 22.7 Å². The predicted octanol–water partition coefficient (Wildman–Crippen LogP) is 3.94. The molecule has 0 radical (unpaired) electrons. The number of nitrogens with zero attached hydrogens (tertiary/aromatic N) is 1. The Morgan fingerprint density at radius 1 is 1.00 bits per heavy atom. The van der Waals surface area contributed by atoms with Crippen molar-refractivity contribution in [2.45, 2.75) is 40.3 Å². The van der Waals surface area contributed by atoms with Gasteiger partial charge in [-0.05, 0) is 28.7 Å². The Kier molecular flexibility index (Phi) is 7.52. The average Bonchev–Trinajstić information content (AvgIpc) is 2.64. The Morgan fingerprint density at radius 3 is 2.25 bits per heavy atom. The normalized spacial score (nSPS) is 11.0. The number of amides is 2. The second-order valence-corrected chi connectivity index (χ2v) is 7.66. The van der Waals surface area contributed by atoms with Crippen molar-refractivity contribution in [1.82, 2.24) is 15.9 Å². The van der Waals surface area contributed by atoms with Crippen LogP contribution in [0.4, 0.5) is 9.18 Å². The van der Waals surface area contributed by atoms with E-state index in [-0.39, 0.29) is 24.2 Å². The molecular formula is C21H26FN3O3. The lowest BCUT2D eigenvalue weighted by atomic mass is 9.93. The lowest BCUT2D eigenvalue weighted by molar-refractivity contribution is -0.164. The number of halogens is 1. The quantitative estimate of drug-likeness (QED) is 0.706. The molecule has 0 unspecified atom stereocenters. The largest absolute Gasteiger partial charge is 0.351 e. The summed E-state index contributed by atoms with van der Waals surface area (Å²) in [6.45, 7) is 6.15. The molecule has 0 spiro atoms. The third kappa shape index (κ3) is 7.75. The van der Waals surface area contributed by atoms with Gasteiger partial charge in [0.2, 0.25) is 0 Å². The number of benzene rings is 2. The molecule has 0 fully saturated rings. The molecule has 2 aromatic rings. The molecule has 0 aliphatic carbocycles. The summed E-state index contributed by atoms with van der Waals surface area (Å²) in [5, 5.41) is 3.90. The van der Waals surface area contributed by atoms with E-state index in [0.717, 1.165) is 10.6 Å². The van der Waals surface area contributed by atoms with Gasteiger partial charge in [-0.2, -0.15) is 0 Å². The summed E-state index contributed by atoms with van der Waals surface area (Å²) in [5.74, 6) is -0.846. The molecule has 2 N–H and O–H groups in total. The number of carbonyl (C=O) groups is 2. The minimum Gasteiger partial charge on any atom is -0.351 e. The van der Waals surface area contributed by atoms with Crippen molar-refractivity contribution in [3.8, 4) is 0 Å². The van der Waals surface area contributed by atoms with Crippen LogP contribution >= 0.6 is 0 Å². The standard InChI is InChI=1S/C21H26FN3O3/c1-21(2,3)13-19(26)28-24-25(15-17-9-11-18(22)12-10-17)20(27)23-14-16-7-5-4-6-8-16/h4-12,24H,13-15H2,1-3H3,(H,23,27). The van der Waals surface area contributed by atoms with Gasteiger partial charge >= 0.3 is 12.0 Å². The monoisotopic (exact) mass is 387 g/mol. The highest BCUT2D eigenvalue weighted by Gasteiger charge is 2.20. The van der Waals surface area contributed by atoms with Crippen molar-refractivity contribution in [2.75, 3.05) is 0 Å². The fourth-order valence-corrected chi connectivity index (χ4v) is 2.36. The number of hydrogen-bond donors (Lipinski definition) is 2. The van der Waals surface area contributed by atoms with Crippen LogP contribution in [0.25, 0.3) is 0 Å². The fourth-order valence-electron chi connectivity index (χ4n) is 2.36. The maximum absolute atomic E-state index is 13.1. The third-order valence-corrected chi connectivity index (χ3v) is 3.73. The first-order valence-electron chi connectivity index (χ1n) is 9.02. The molecular weight excluding hydrogens is 361 g/mol. The molecule has 2 rings (SSSR count). The summed E-state index contributed by atoms with van der Waals surface area (Å²) in [7, 11) is 0. The van der Waals surface area contributed by atoms with E-state index in [1.54, 1.807) is 12.1 Å². The predicted molar refractivity (Wildman–Crippen MR) is 104 cm³/mol. The van der Waals surface area contributed by atoms with E-state index < -0.39 is 12.0 Å². The number of hydrogen-bond acceptors (Lipinski definition) is 4. The SMILES string of the molecule is CC(C)(C)CC(=O)ONN(Cc1ccc(F)cc1)C(=O)NCc1ccccc1. The van der Waals surface area contributed by atoms with Crippen molar-refractivity contribution in [3.05, 3.63) is 71.5 Å². The number of urea groups is 1. The van der Waals surface area contributed by atoms with E-state index in [9.17, 15) is 14.0 Å². The summed E-state index contributed by atoms with van der Waals surface area (Å²) in [6.07, 6.45) is 0.190. The summed E-state index contributed by atoms with van der Waals surface area (Å²) in [5.41, 5.74) is 3.79. The van der Waals surface area contributed by atoms with Gasteiger partial charge in [0, 0.05) is 6.54 Å². The van der Waals surface area contributed by atoms with Crippen molar-refractivity contribution in [1.29, 1.82) is 0 Å². The van der Waals surface area contributed by atoms with Crippen molar-refractivity contribution >= 4 is 12.0 Å². The second-order valence-electron chi connectivity index (χ2n) is 7.66. The van der Waals surface area contributed by atoms with Crippen LogP contribution in [0.5, 0.6) is 0 Å². The molecule has 0 aliphatic rings. The molecule has 0 heterocycles. The van der Waals surface area contributed by atoms with Gasteiger partial charge in [-0.3, -0.25) is 4.79 Å². The molecule has 0 bridgehead atoms. The molecule has 28 heavy (non-hydrogen) atoms. The van der Waals surface area contributed by atoms with Gasteiger partial charge in [-0.1, -0.05) is 68.8 Å². The van der Waals surface area contributed by atoms with Gasteiger partial charge in [0.15, 0.2) is 0 Å². The molecule has 0 aliphatic heterocycles. The summed E-state index contributed by atoms with van der Waals surface area (Å²) in [6, 6.07) is 14.7. The minimum atomic E-state index is -0.479. The topological polar surface area (TPSA) is 70.7 Å². The van der Waals surface area contributed by atoms with E-state index in [4.69, 9.17) is 4.84 Å². The number of nitrogens with one attached hydrogen (secondary N) is 2. The zero-order chi connectivity index (χ0) is 20.6. The molecule has 2 amide bonds. The molecule has 0 atom stereocenters. The number of hydrazine groups is 1. The molecule has 2 aromatic carbocycles. The Balaban J connectivity index is 2.00. The van der Waals surface area contributed by atoms with Crippen LogP contribution in [0.1, 0.15) is 38.3 Å². The highest BCUT2D eigenvalue weighted by Crippen LogP contribution is 2.18. The first kappa shape index (κ1) is 21.4. The van der Waals surface area contributed by atoms with Gasteiger partial charge in [0.25, 0.3) is 0 Å². The second kappa shape index (κ2) is 9.85. The summed E-state index contributed by atoms with van der Waals surface area (Å²) >= 11 is 0. The average molecular weight is 387 g/mol. The van der Waals surface area contributed by atoms with E-state index in [0.29, 0.717) is 12.1 Å². The van der Waals surface area contributed by atoms with Gasteiger partial charge < -0.3 is 10.2 Å². The molecule has 0 aromatic heterocycles. The smallest absolute Gasteiger partial charge is 0.334 e. The Morgan fingerprint density at radius 2 is 1.64 bits per heavy atom. The van der Waals surface area contributed by atoms with Gasteiger partial charge in [-0.25, -0.2) is 14.2 Å². The summed E-state index contributed by atoms with van der Waals surface area (Å²) in [4.78, 5) is 29.6. The Bertz CT molecular complexity index is 774. The zero-order valence-electron chi connectivity index (χ0n) is 16.4. The van der Waals surface area contributed by atoms with E-state index in [2.05, 4.69) is 10.9 Å². The van der Waals surface area contributed by atoms with E-state index in [1.807, 2.05) is 51.1 Å². The molecule has 0 saturated carbocycles. The third-order valence-electron chi connectivity index (χ3n) is 3.73. The highest BCUT2D eigenvalue weighted by molar-refractivity contribution is 5.74. The Labute approximate surface area is 164 Å². The zero-order valence-corrected chi connectivity index (χ0v) is 16.4. The maximum Gasteiger partial charge on any atom is 0.334 e. The fraction of sp³-hybridized carbons (Fsp3) is 0.333. The van der Waals surface area contributed by atoms with Crippen molar-refractivity contribution in [2.24, 2.45) is 5.41 Å². The molecule has 6 nitrogen and oxygen atoms in total. The molecule has 7 heteroatoms. The number of carbonyl (C=O) groups excluding carboxylic acids is 2.